The van der Waals surface area contributed by atoms with E-state index in [0.717, 1.165) is 6.42 Å². The van der Waals surface area contributed by atoms with E-state index in [4.69, 9.17) is 10.5 Å². The molecule has 0 saturated heterocycles. The number of hydrogen-bond acceptors (Lipinski definition) is 4. The number of aromatic hydroxyl groups is 2. The highest BCUT2D eigenvalue weighted by Gasteiger charge is 2.19. The highest BCUT2D eigenvalue weighted by atomic mass is 16.3. The molecule has 4 nitrogen and oxygen atoms in total. The van der Waals surface area contributed by atoms with Gasteiger partial charge in [0.05, 0.1) is 11.6 Å². The first-order valence-corrected chi connectivity index (χ1v) is 5.68. The molecule has 0 unspecified atom stereocenters. The van der Waals surface area contributed by atoms with Gasteiger partial charge in [0.25, 0.3) is 0 Å². The molecule has 0 bridgehead atoms. The Kier molecular flexibility index (Phi) is 3.83. The van der Waals surface area contributed by atoms with E-state index >= 15 is 0 Å². The van der Waals surface area contributed by atoms with Crippen LogP contribution in [0.1, 0.15) is 43.9 Å². The van der Waals surface area contributed by atoms with Gasteiger partial charge < -0.3 is 10.2 Å². The first-order valence-electron chi connectivity index (χ1n) is 5.68. The van der Waals surface area contributed by atoms with Crippen LogP contribution in [0.4, 0.5) is 0 Å². The molecule has 2 N–H and O–H groups in total. The van der Waals surface area contributed by atoms with E-state index in [1.165, 1.54) is 6.07 Å². The van der Waals surface area contributed by atoms with E-state index in [1.807, 2.05) is 12.1 Å². The van der Waals surface area contributed by atoms with Crippen molar-refractivity contribution in [1.82, 2.24) is 0 Å². The van der Waals surface area contributed by atoms with Crippen LogP contribution in [0.2, 0.25) is 0 Å². The Labute approximate surface area is 107 Å². The molecule has 1 aromatic rings. The zero-order chi connectivity index (χ0) is 13.9. The third-order valence-corrected chi connectivity index (χ3v) is 2.74. The minimum absolute atomic E-state index is 0.00389. The Morgan fingerprint density at radius 3 is 2.22 bits per heavy atom. The SMILES string of the molecule is CC(C)(C)CCc1c(C#N)cc(O)c(O)c1C#N. The van der Waals surface area contributed by atoms with Crippen molar-refractivity contribution in [2.24, 2.45) is 5.41 Å². The van der Waals surface area contributed by atoms with Gasteiger partial charge in [-0.2, -0.15) is 10.5 Å². The molecule has 0 heterocycles. The first kappa shape index (κ1) is 13.9. The van der Waals surface area contributed by atoms with Gasteiger partial charge in [0, 0.05) is 6.07 Å². The van der Waals surface area contributed by atoms with Crippen LogP contribution in [-0.2, 0) is 6.42 Å². The topological polar surface area (TPSA) is 88.0 Å². The second-order valence-electron chi connectivity index (χ2n) is 5.43. The molecule has 0 aliphatic carbocycles. The van der Waals surface area contributed by atoms with Crippen molar-refractivity contribution < 1.29 is 10.2 Å². The first-order chi connectivity index (χ1) is 8.30. The van der Waals surface area contributed by atoms with Crippen molar-refractivity contribution >= 4 is 0 Å². The van der Waals surface area contributed by atoms with Crippen LogP contribution in [0.15, 0.2) is 6.07 Å². The van der Waals surface area contributed by atoms with Crippen LogP contribution in [0.5, 0.6) is 11.5 Å². The predicted molar refractivity (Wildman–Crippen MR) is 67.0 cm³/mol. The number of nitriles is 2. The van der Waals surface area contributed by atoms with Gasteiger partial charge in [-0.25, -0.2) is 0 Å². The number of phenolic OH excluding ortho intramolecular Hbond substituents is 2. The fourth-order valence-electron chi connectivity index (χ4n) is 1.68. The lowest BCUT2D eigenvalue weighted by Crippen LogP contribution is -2.08. The molecule has 0 saturated carbocycles. The number of phenols is 2. The smallest absolute Gasteiger partial charge is 0.175 e. The van der Waals surface area contributed by atoms with Crippen LogP contribution in [0.25, 0.3) is 0 Å². The predicted octanol–water partition coefficient (Wildman–Crippen LogP) is 2.82. The third kappa shape index (κ3) is 2.93. The molecule has 0 aromatic heterocycles. The van der Waals surface area contributed by atoms with Crippen molar-refractivity contribution in [3.05, 3.63) is 22.8 Å². The summed E-state index contributed by atoms with van der Waals surface area (Å²) in [4.78, 5) is 0. The highest BCUT2D eigenvalue weighted by molar-refractivity contribution is 5.61. The van der Waals surface area contributed by atoms with Crippen molar-refractivity contribution in [3.63, 3.8) is 0 Å². The van der Waals surface area contributed by atoms with Gasteiger partial charge in [0.2, 0.25) is 0 Å². The van der Waals surface area contributed by atoms with E-state index < -0.39 is 11.5 Å². The molecular formula is C14H16N2O2. The molecule has 0 spiro atoms. The molecule has 94 valence electrons. The Morgan fingerprint density at radius 2 is 1.78 bits per heavy atom. The van der Waals surface area contributed by atoms with E-state index in [0.29, 0.717) is 12.0 Å². The summed E-state index contributed by atoms with van der Waals surface area (Å²) in [7, 11) is 0. The lowest BCUT2D eigenvalue weighted by Gasteiger charge is -2.19. The lowest BCUT2D eigenvalue weighted by atomic mass is 9.86. The number of nitrogens with zero attached hydrogens (tertiary/aromatic N) is 2. The maximum atomic E-state index is 9.65. The van der Waals surface area contributed by atoms with E-state index in [2.05, 4.69) is 20.8 Å². The Bertz CT molecular complexity index is 543. The van der Waals surface area contributed by atoms with Gasteiger partial charge in [-0.3, -0.25) is 0 Å². The lowest BCUT2D eigenvalue weighted by molar-refractivity contribution is 0.375. The van der Waals surface area contributed by atoms with Crippen molar-refractivity contribution in [3.8, 4) is 23.6 Å². The summed E-state index contributed by atoms with van der Waals surface area (Å²) in [6.45, 7) is 6.18. The summed E-state index contributed by atoms with van der Waals surface area (Å²) < 4.78 is 0. The highest BCUT2D eigenvalue weighted by Crippen LogP contribution is 2.35. The van der Waals surface area contributed by atoms with Crippen molar-refractivity contribution in [2.75, 3.05) is 0 Å². The average molecular weight is 244 g/mol. The monoisotopic (exact) mass is 244 g/mol. The minimum Gasteiger partial charge on any atom is -0.504 e. The van der Waals surface area contributed by atoms with Crippen molar-refractivity contribution in [1.29, 1.82) is 10.5 Å². The third-order valence-electron chi connectivity index (χ3n) is 2.74. The minimum atomic E-state index is -0.444. The Balaban J connectivity index is 3.29. The molecular weight excluding hydrogens is 228 g/mol. The van der Waals surface area contributed by atoms with E-state index in [9.17, 15) is 10.2 Å². The number of benzene rings is 1. The quantitative estimate of drug-likeness (QED) is 0.783. The molecule has 4 heteroatoms. The summed E-state index contributed by atoms with van der Waals surface area (Å²) in [6.07, 6.45) is 1.30. The van der Waals surface area contributed by atoms with Crippen LogP contribution < -0.4 is 0 Å². The maximum Gasteiger partial charge on any atom is 0.175 e. The molecule has 0 fully saturated rings. The molecule has 1 aromatic carbocycles. The Morgan fingerprint density at radius 1 is 1.17 bits per heavy atom. The largest absolute Gasteiger partial charge is 0.504 e. The van der Waals surface area contributed by atoms with Crippen LogP contribution in [0.3, 0.4) is 0 Å². The molecule has 0 aliphatic rings. The summed E-state index contributed by atoms with van der Waals surface area (Å²) in [5.41, 5.74) is 0.805. The number of rotatable bonds is 2. The fourth-order valence-corrected chi connectivity index (χ4v) is 1.68. The standard InChI is InChI=1S/C14H16N2O2/c1-14(2,3)5-4-10-9(7-15)6-12(17)13(18)11(10)8-16/h6,17-18H,4-5H2,1-3H3. The van der Waals surface area contributed by atoms with Gasteiger partial charge in [0.15, 0.2) is 11.5 Å². The normalized spacial score (nSPS) is 10.7. The average Bonchev–Trinajstić information content (AvgIpc) is 2.28. The van der Waals surface area contributed by atoms with Gasteiger partial charge in [0.1, 0.15) is 11.6 Å². The zero-order valence-electron chi connectivity index (χ0n) is 10.8. The van der Waals surface area contributed by atoms with Gasteiger partial charge >= 0.3 is 0 Å². The summed E-state index contributed by atoms with van der Waals surface area (Å²) in [6, 6.07) is 5.01. The van der Waals surface area contributed by atoms with Gasteiger partial charge in [-0.05, 0) is 23.8 Å². The van der Waals surface area contributed by atoms with Crippen LogP contribution in [0, 0.1) is 28.1 Å². The van der Waals surface area contributed by atoms with Crippen LogP contribution >= 0.6 is 0 Å². The molecule has 0 amide bonds. The summed E-state index contributed by atoms with van der Waals surface area (Å²) >= 11 is 0. The summed E-state index contributed by atoms with van der Waals surface area (Å²) in [5, 5.41) is 37.2. The number of hydrogen-bond donors (Lipinski definition) is 2. The molecule has 0 aliphatic heterocycles. The second-order valence-corrected chi connectivity index (χ2v) is 5.43. The molecule has 18 heavy (non-hydrogen) atoms. The fraction of sp³-hybridized carbons (Fsp3) is 0.429. The Hall–Kier alpha value is -2.20. The molecule has 1 rings (SSSR count). The molecule has 0 atom stereocenters. The van der Waals surface area contributed by atoms with Gasteiger partial charge in [-0.15, -0.1) is 0 Å². The van der Waals surface area contributed by atoms with Crippen LogP contribution in [-0.4, -0.2) is 10.2 Å². The van der Waals surface area contributed by atoms with E-state index in [-0.39, 0.29) is 16.5 Å². The zero-order valence-corrected chi connectivity index (χ0v) is 10.8. The second kappa shape index (κ2) is 4.98. The van der Waals surface area contributed by atoms with Gasteiger partial charge in [-0.1, -0.05) is 20.8 Å². The van der Waals surface area contributed by atoms with E-state index in [1.54, 1.807) is 0 Å². The molecule has 0 radical (unpaired) electrons. The maximum absolute atomic E-state index is 9.65. The summed E-state index contributed by atoms with van der Waals surface area (Å²) in [5.74, 6) is -0.872. The van der Waals surface area contributed by atoms with Crippen molar-refractivity contribution in [2.45, 2.75) is 33.6 Å².